The van der Waals surface area contributed by atoms with Crippen molar-refractivity contribution in [2.45, 2.75) is 44.7 Å². The summed E-state index contributed by atoms with van der Waals surface area (Å²) in [6.07, 6.45) is 0.367. The van der Waals surface area contributed by atoms with Crippen LogP contribution in [-0.2, 0) is 26.2 Å². The Morgan fingerprint density at radius 1 is 0.946 bits per heavy atom. The van der Waals surface area contributed by atoms with Crippen LogP contribution in [0.4, 0.5) is 5.69 Å². The van der Waals surface area contributed by atoms with Gasteiger partial charge in [-0.1, -0.05) is 72.6 Å². The molecule has 37 heavy (non-hydrogen) atoms. The van der Waals surface area contributed by atoms with E-state index in [1.165, 1.54) is 23.1 Å². The molecule has 1 unspecified atom stereocenters. The second-order valence-electron chi connectivity index (χ2n) is 8.63. The molecular formula is C28H32ClN3O4S. The van der Waals surface area contributed by atoms with Crippen molar-refractivity contribution in [2.24, 2.45) is 0 Å². The third kappa shape index (κ3) is 7.11. The fourth-order valence-electron chi connectivity index (χ4n) is 4.10. The summed E-state index contributed by atoms with van der Waals surface area (Å²) in [7, 11) is -4.12. The monoisotopic (exact) mass is 541 g/mol. The Morgan fingerprint density at radius 3 is 2.27 bits per heavy atom. The van der Waals surface area contributed by atoms with Gasteiger partial charge >= 0.3 is 0 Å². The van der Waals surface area contributed by atoms with Crippen molar-refractivity contribution in [1.82, 2.24) is 10.2 Å². The van der Waals surface area contributed by atoms with Gasteiger partial charge in [0.2, 0.25) is 11.8 Å². The van der Waals surface area contributed by atoms with Crippen molar-refractivity contribution < 1.29 is 18.0 Å². The van der Waals surface area contributed by atoms with Gasteiger partial charge in [0.05, 0.1) is 10.6 Å². The Morgan fingerprint density at radius 2 is 1.65 bits per heavy atom. The van der Waals surface area contributed by atoms with Crippen LogP contribution >= 0.6 is 11.6 Å². The third-order valence-electron chi connectivity index (χ3n) is 5.88. The zero-order chi connectivity index (χ0) is 27.0. The van der Waals surface area contributed by atoms with Gasteiger partial charge in [0.15, 0.2) is 0 Å². The molecule has 0 heterocycles. The Labute approximate surface area is 224 Å². The van der Waals surface area contributed by atoms with Crippen LogP contribution < -0.4 is 9.62 Å². The summed E-state index contributed by atoms with van der Waals surface area (Å²) in [6, 6.07) is 21.2. The van der Waals surface area contributed by atoms with Gasteiger partial charge in [0.1, 0.15) is 12.6 Å². The van der Waals surface area contributed by atoms with Crippen molar-refractivity contribution in [3.05, 3.63) is 95.0 Å². The highest BCUT2D eigenvalue weighted by atomic mass is 35.5. The quantitative estimate of drug-likeness (QED) is 0.378. The van der Waals surface area contributed by atoms with E-state index in [1.807, 2.05) is 45.0 Å². The number of amides is 2. The third-order valence-corrected chi connectivity index (χ3v) is 7.90. The molecule has 0 spiro atoms. The zero-order valence-electron chi connectivity index (χ0n) is 21.2. The first-order chi connectivity index (χ1) is 17.7. The Balaban J connectivity index is 2.05. The lowest BCUT2D eigenvalue weighted by Gasteiger charge is -2.33. The molecule has 3 aromatic carbocycles. The number of nitrogens with one attached hydrogen (secondary N) is 1. The molecule has 0 aromatic heterocycles. The van der Waals surface area contributed by atoms with E-state index in [2.05, 4.69) is 5.32 Å². The average Bonchev–Trinajstić information content (AvgIpc) is 2.87. The predicted octanol–water partition coefficient (Wildman–Crippen LogP) is 4.79. The number of aryl methyl sites for hydroxylation is 1. The minimum Gasteiger partial charge on any atom is -0.355 e. The number of benzene rings is 3. The van der Waals surface area contributed by atoms with Crippen LogP contribution in [0.15, 0.2) is 83.8 Å². The van der Waals surface area contributed by atoms with Crippen molar-refractivity contribution in [2.75, 3.05) is 17.4 Å². The number of sulfonamides is 1. The maximum atomic E-state index is 13.9. The van der Waals surface area contributed by atoms with Gasteiger partial charge in [-0.05, 0) is 56.2 Å². The van der Waals surface area contributed by atoms with E-state index >= 15 is 0 Å². The van der Waals surface area contributed by atoms with Crippen LogP contribution in [0.25, 0.3) is 0 Å². The molecular weight excluding hydrogens is 510 g/mol. The minimum atomic E-state index is -4.12. The normalized spacial score (nSPS) is 12.0. The first-order valence-corrected chi connectivity index (χ1v) is 13.9. The van der Waals surface area contributed by atoms with E-state index in [0.717, 1.165) is 15.4 Å². The standard InChI is InChI=1S/C28H32ClN3O4S/c1-4-26(28(34)30-5-2)31(19-22-12-9-11-21(3)17-22)27(33)20-32(24-14-10-13-23(29)18-24)37(35,36)25-15-7-6-8-16-25/h6-18,26H,4-5,19-20H2,1-3H3,(H,30,34). The zero-order valence-corrected chi connectivity index (χ0v) is 22.8. The largest absolute Gasteiger partial charge is 0.355 e. The van der Waals surface area contributed by atoms with Crippen molar-refractivity contribution in [1.29, 1.82) is 0 Å². The average molecular weight is 542 g/mol. The second-order valence-corrected chi connectivity index (χ2v) is 10.9. The number of carbonyl (C=O) groups is 2. The first-order valence-electron chi connectivity index (χ1n) is 12.1. The molecule has 1 N–H and O–H groups in total. The van der Waals surface area contributed by atoms with E-state index in [0.29, 0.717) is 18.0 Å². The smallest absolute Gasteiger partial charge is 0.264 e. The number of anilines is 1. The number of hydrogen-bond donors (Lipinski definition) is 1. The van der Waals surface area contributed by atoms with Crippen LogP contribution in [0, 0.1) is 6.92 Å². The Bertz CT molecular complexity index is 1330. The van der Waals surface area contributed by atoms with Crippen molar-refractivity contribution in [3.8, 4) is 0 Å². The fourth-order valence-corrected chi connectivity index (χ4v) is 5.71. The van der Waals surface area contributed by atoms with Crippen LogP contribution in [0.2, 0.25) is 5.02 Å². The molecule has 7 nitrogen and oxygen atoms in total. The Hall–Kier alpha value is -3.36. The molecule has 2 amide bonds. The highest BCUT2D eigenvalue weighted by molar-refractivity contribution is 7.92. The number of likely N-dealkylation sites (N-methyl/N-ethyl adjacent to an activating group) is 1. The lowest BCUT2D eigenvalue weighted by molar-refractivity contribution is -0.140. The van der Waals surface area contributed by atoms with Crippen LogP contribution in [0.3, 0.4) is 0 Å². The lowest BCUT2D eigenvalue weighted by atomic mass is 10.1. The van der Waals surface area contributed by atoms with E-state index < -0.39 is 28.5 Å². The number of rotatable bonds is 11. The summed E-state index contributed by atoms with van der Waals surface area (Å²) >= 11 is 6.19. The van der Waals surface area contributed by atoms with Crippen molar-refractivity contribution in [3.63, 3.8) is 0 Å². The van der Waals surface area contributed by atoms with Gasteiger partial charge in [-0.2, -0.15) is 0 Å². The molecule has 0 aliphatic rings. The number of halogens is 1. The molecule has 9 heteroatoms. The van der Waals surface area contributed by atoms with Gasteiger partial charge in [-0.25, -0.2) is 8.42 Å². The topological polar surface area (TPSA) is 86.8 Å². The second kappa shape index (κ2) is 12.7. The van der Waals surface area contributed by atoms with E-state index in [1.54, 1.807) is 36.4 Å². The van der Waals surface area contributed by atoms with Crippen LogP contribution in [0.1, 0.15) is 31.4 Å². The molecule has 3 rings (SSSR count). The van der Waals surface area contributed by atoms with E-state index in [9.17, 15) is 18.0 Å². The number of hydrogen-bond acceptors (Lipinski definition) is 4. The molecule has 0 fully saturated rings. The lowest BCUT2D eigenvalue weighted by Crippen LogP contribution is -2.52. The molecule has 0 bridgehead atoms. The summed E-state index contributed by atoms with van der Waals surface area (Å²) in [5.74, 6) is -0.787. The van der Waals surface area contributed by atoms with Crippen LogP contribution in [0.5, 0.6) is 0 Å². The molecule has 3 aromatic rings. The Kier molecular flexibility index (Phi) is 9.72. The molecule has 1 atom stereocenters. The summed E-state index contributed by atoms with van der Waals surface area (Å²) < 4.78 is 28.5. The van der Waals surface area contributed by atoms with Gasteiger partial charge in [0.25, 0.3) is 10.0 Å². The highest BCUT2D eigenvalue weighted by Gasteiger charge is 2.33. The van der Waals surface area contributed by atoms with Gasteiger partial charge in [0, 0.05) is 18.1 Å². The maximum Gasteiger partial charge on any atom is 0.264 e. The van der Waals surface area contributed by atoms with Crippen LogP contribution in [-0.4, -0.2) is 44.3 Å². The molecule has 0 aliphatic carbocycles. The van der Waals surface area contributed by atoms with Crippen molar-refractivity contribution >= 4 is 39.1 Å². The van der Waals surface area contributed by atoms with E-state index in [4.69, 9.17) is 11.6 Å². The molecule has 196 valence electrons. The summed E-state index contributed by atoms with van der Waals surface area (Å²) in [5.41, 5.74) is 2.12. The van der Waals surface area contributed by atoms with Gasteiger partial charge in [-0.15, -0.1) is 0 Å². The first kappa shape index (κ1) is 28.2. The fraction of sp³-hybridized carbons (Fsp3) is 0.286. The highest BCUT2D eigenvalue weighted by Crippen LogP contribution is 2.27. The van der Waals surface area contributed by atoms with Gasteiger partial charge < -0.3 is 10.2 Å². The molecule has 0 saturated carbocycles. The molecule has 0 aliphatic heterocycles. The SMILES string of the molecule is CCNC(=O)C(CC)N(Cc1cccc(C)c1)C(=O)CN(c1cccc(Cl)c1)S(=O)(=O)c1ccccc1. The number of carbonyl (C=O) groups excluding carboxylic acids is 2. The number of nitrogens with zero attached hydrogens (tertiary/aromatic N) is 2. The van der Waals surface area contributed by atoms with Gasteiger partial charge in [-0.3, -0.25) is 13.9 Å². The molecule has 0 saturated heterocycles. The van der Waals surface area contributed by atoms with E-state index in [-0.39, 0.29) is 23.0 Å². The summed E-state index contributed by atoms with van der Waals surface area (Å²) in [6.45, 7) is 5.66. The molecule has 0 radical (unpaired) electrons. The summed E-state index contributed by atoms with van der Waals surface area (Å²) in [4.78, 5) is 28.3. The minimum absolute atomic E-state index is 0.0452. The predicted molar refractivity (Wildman–Crippen MR) is 147 cm³/mol. The summed E-state index contributed by atoms with van der Waals surface area (Å²) in [5, 5.41) is 3.13. The maximum absolute atomic E-state index is 13.9.